The maximum atomic E-state index is 5.66. The Bertz CT molecular complexity index is 389. The fraction of sp³-hybridized carbons (Fsp3) is 0.385. The molecule has 16 heavy (non-hydrogen) atoms. The molecule has 2 nitrogen and oxygen atoms in total. The van der Waals surface area contributed by atoms with Gasteiger partial charge in [-0.1, -0.05) is 23.8 Å². The second-order valence-corrected chi connectivity index (χ2v) is 5.45. The quantitative estimate of drug-likeness (QED) is 0.478. The van der Waals surface area contributed by atoms with Gasteiger partial charge in [0.1, 0.15) is 0 Å². The van der Waals surface area contributed by atoms with Crippen LogP contribution in [0.1, 0.15) is 24.8 Å². The summed E-state index contributed by atoms with van der Waals surface area (Å²) < 4.78 is 0. The number of hydrogen-bond acceptors (Lipinski definition) is 3. The fourth-order valence-electron chi connectivity index (χ4n) is 2.21. The molecule has 3 N–H and O–H groups in total. The van der Waals surface area contributed by atoms with Crippen molar-refractivity contribution in [1.29, 1.82) is 0 Å². The molecule has 1 aromatic rings. The zero-order valence-corrected chi connectivity index (χ0v) is 10.4. The van der Waals surface area contributed by atoms with E-state index >= 15 is 0 Å². The van der Waals surface area contributed by atoms with Gasteiger partial charge in [-0.05, 0) is 25.0 Å². The van der Waals surface area contributed by atoms with Crippen LogP contribution in [0, 0.1) is 0 Å². The summed E-state index contributed by atoms with van der Waals surface area (Å²) in [5.74, 6) is 7.27. The van der Waals surface area contributed by atoms with Crippen LogP contribution in [0.4, 0.5) is 0 Å². The molecule has 0 bridgehead atoms. The second-order valence-electron chi connectivity index (χ2n) is 4.39. The Balaban J connectivity index is 2.19. The van der Waals surface area contributed by atoms with E-state index in [9.17, 15) is 0 Å². The minimum Gasteiger partial charge on any atom is -0.271 e. The molecule has 2 unspecified atom stereocenters. The van der Waals surface area contributed by atoms with Crippen molar-refractivity contribution >= 4 is 11.8 Å². The first-order chi connectivity index (χ1) is 7.72. The van der Waals surface area contributed by atoms with Gasteiger partial charge in [-0.15, -0.1) is 18.3 Å². The lowest BCUT2D eigenvalue weighted by molar-refractivity contribution is 0.462. The highest BCUT2D eigenvalue weighted by molar-refractivity contribution is 7.99. The van der Waals surface area contributed by atoms with Crippen molar-refractivity contribution < 1.29 is 0 Å². The Kier molecular flexibility index (Phi) is 3.69. The van der Waals surface area contributed by atoms with Crippen LogP contribution in [0.2, 0.25) is 0 Å². The van der Waals surface area contributed by atoms with Crippen molar-refractivity contribution in [3.8, 4) is 0 Å². The summed E-state index contributed by atoms with van der Waals surface area (Å²) in [7, 11) is 0. The molecule has 86 valence electrons. The van der Waals surface area contributed by atoms with Crippen molar-refractivity contribution in [2.24, 2.45) is 5.84 Å². The summed E-state index contributed by atoms with van der Waals surface area (Å²) in [5.41, 5.74) is 5.55. The number of nitrogens with two attached hydrogens (primary N) is 1. The van der Waals surface area contributed by atoms with E-state index in [1.807, 2.05) is 11.8 Å². The van der Waals surface area contributed by atoms with Crippen LogP contribution in [0.3, 0.4) is 0 Å². The number of fused-ring (bicyclic) bond motifs is 1. The Morgan fingerprint density at radius 2 is 2.38 bits per heavy atom. The molecule has 0 fully saturated rings. The molecular formula is C13H18N2S. The van der Waals surface area contributed by atoms with Gasteiger partial charge < -0.3 is 0 Å². The van der Waals surface area contributed by atoms with E-state index in [0.29, 0.717) is 12.0 Å². The van der Waals surface area contributed by atoms with Crippen LogP contribution in [0.25, 0.3) is 0 Å². The van der Waals surface area contributed by atoms with E-state index in [1.165, 1.54) is 16.0 Å². The Labute approximate surface area is 101 Å². The smallest absolute Gasteiger partial charge is 0.0324 e. The van der Waals surface area contributed by atoms with Crippen molar-refractivity contribution in [3.05, 3.63) is 42.0 Å². The topological polar surface area (TPSA) is 38.0 Å². The second kappa shape index (κ2) is 5.04. The zero-order valence-electron chi connectivity index (χ0n) is 9.57. The van der Waals surface area contributed by atoms with E-state index in [0.717, 1.165) is 12.2 Å². The van der Waals surface area contributed by atoms with Crippen molar-refractivity contribution in [3.63, 3.8) is 0 Å². The maximum Gasteiger partial charge on any atom is 0.0324 e. The molecule has 2 rings (SSSR count). The molecule has 2 atom stereocenters. The summed E-state index contributed by atoms with van der Waals surface area (Å²) >= 11 is 1.92. The third-order valence-corrected chi connectivity index (χ3v) is 4.21. The Hall–Kier alpha value is -0.770. The van der Waals surface area contributed by atoms with Gasteiger partial charge >= 0.3 is 0 Å². The third kappa shape index (κ3) is 2.32. The molecule has 0 amide bonds. The van der Waals surface area contributed by atoms with Crippen LogP contribution in [0.15, 0.2) is 41.3 Å². The van der Waals surface area contributed by atoms with Gasteiger partial charge in [0, 0.05) is 22.6 Å². The number of thioether (sulfide) groups is 1. The van der Waals surface area contributed by atoms with Crippen LogP contribution in [-0.2, 0) is 0 Å². The summed E-state index contributed by atoms with van der Waals surface area (Å²) in [6, 6.07) is 8.90. The van der Waals surface area contributed by atoms with Gasteiger partial charge in [-0.3, -0.25) is 11.3 Å². The standard InChI is InChI=1S/C13H18N2S/c1-9(2)7-12(15-14)11-8-16-13-6-4-3-5-10(11)13/h3-6,11-12,15H,1,7-8,14H2,2H3. The molecule has 0 aliphatic carbocycles. The molecule has 0 aromatic heterocycles. The van der Waals surface area contributed by atoms with E-state index in [1.54, 1.807) is 0 Å². The predicted molar refractivity (Wildman–Crippen MR) is 70.4 cm³/mol. The number of benzene rings is 1. The zero-order chi connectivity index (χ0) is 11.5. The van der Waals surface area contributed by atoms with Gasteiger partial charge in [0.15, 0.2) is 0 Å². The van der Waals surface area contributed by atoms with Gasteiger partial charge in [-0.2, -0.15) is 0 Å². The molecule has 1 aliphatic heterocycles. The van der Waals surface area contributed by atoms with E-state index in [2.05, 4.69) is 43.2 Å². The molecule has 3 heteroatoms. The summed E-state index contributed by atoms with van der Waals surface area (Å²) in [5, 5.41) is 0. The normalized spacial score (nSPS) is 20.5. The summed E-state index contributed by atoms with van der Waals surface area (Å²) in [6.07, 6.45) is 0.941. The molecule has 0 saturated heterocycles. The van der Waals surface area contributed by atoms with Crippen molar-refractivity contribution in [2.75, 3.05) is 5.75 Å². The minimum absolute atomic E-state index is 0.300. The molecule has 0 saturated carbocycles. The van der Waals surface area contributed by atoms with Gasteiger partial charge in [0.2, 0.25) is 0 Å². The highest BCUT2D eigenvalue weighted by Crippen LogP contribution is 2.41. The predicted octanol–water partition coefficient (Wildman–Crippen LogP) is 2.67. The summed E-state index contributed by atoms with van der Waals surface area (Å²) in [6.45, 7) is 6.02. The van der Waals surface area contributed by atoms with Gasteiger partial charge in [0.05, 0.1) is 0 Å². The molecule has 1 aliphatic rings. The largest absolute Gasteiger partial charge is 0.271 e. The van der Waals surface area contributed by atoms with Crippen LogP contribution < -0.4 is 11.3 Å². The van der Waals surface area contributed by atoms with Crippen LogP contribution in [0.5, 0.6) is 0 Å². The lowest BCUT2D eigenvalue weighted by Crippen LogP contribution is -2.40. The number of nitrogens with one attached hydrogen (secondary N) is 1. The Morgan fingerprint density at radius 3 is 3.06 bits per heavy atom. The lowest BCUT2D eigenvalue weighted by atomic mass is 9.90. The number of hydrazine groups is 1. The first kappa shape index (κ1) is 11.7. The van der Waals surface area contributed by atoms with E-state index in [4.69, 9.17) is 5.84 Å². The first-order valence-electron chi connectivity index (χ1n) is 5.54. The summed E-state index contributed by atoms with van der Waals surface area (Å²) in [4.78, 5) is 1.40. The third-order valence-electron chi connectivity index (χ3n) is 3.01. The lowest BCUT2D eigenvalue weighted by Gasteiger charge is -2.23. The van der Waals surface area contributed by atoms with Crippen LogP contribution >= 0.6 is 11.8 Å². The highest BCUT2D eigenvalue weighted by Gasteiger charge is 2.29. The number of rotatable bonds is 4. The maximum absolute atomic E-state index is 5.66. The monoisotopic (exact) mass is 234 g/mol. The average molecular weight is 234 g/mol. The number of hydrogen-bond donors (Lipinski definition) is 2. The molecule has 1 heterocycles. The van der Waals surface area contributed by atoms with E-state index in [-0.39, 0.29) is 0 Å². The van der Waals surface area contributed by atoms with Gasteiger partial charge in [0.25, 0.3) is 0 Å². The van der Waals surface area contributed by atoms with Crippen molar-refractivity contribution in [1.82, 2.24) is 5.43 Å². The minimum atomic E-state index is 0.300. The van der Waals surface area contributed by atoms with Gasteiger partial charge in [-0.25, -0.2) is 0 Å². The molecule has 0 radical (unpaired) electrons. The first-order valence-corrected chi connectivity index (χ1v) is 6.53. The van der Waals surface area contributed by atoms with E-state index < -0.39 is 0 Å². The average Bonchev–Trinajstić information content (AvgIpc) is 2.69. The molecule has 1 aromatic carbocycles. The SMILES string of the molecule is C=C(C)CC(NN)C1CSc2ccccc21. The molecular weight excluding hydrogens is 216 g/mol. The fourth-order valence-corrected chi connectivity index (χ4v) is 3.55. The van der Waals surface area contributed by atoms with Crippen molar-refractivity contribution in [2.45, 2.75) is 30.2 Å². The molecule has 0 spiro atoms. The highest BCUT2D eigenvalue weighted by atomic mass is 32.2. The Morgan fingerprint density at radius 1 is 1.62 bits per heavy atom. The van der Waals surface area contributed by atoms with Crippen LogP contribution in [-0.4, -0.2) is 11.8 Å².